The fraction of sp³-hybridized carbons (Fsp3) is 0.154. The van der Waals surface area contributed by atoms with Crippen molar-refractivity contribution in [3.05, 3.63) is 48.7 Å². The van der Waals surface area contributed by atoms with Gasteiger partial charge in [-0.1, -0.05) is 32.0 Å². The summed E-state index contributed by atoms with van der Waals surface area (Å²) in [7, 11) is 0. The summed E-state index contributed by atoms with van der Waals surface area (Å²) < 4.78 is 0. The zero-order chi connectivity index (χ0) is 11.1. The van der Waals surface area contributed by atoms with Crippen LogP contribution in [0.2, 0.25) is 0 Å². The molecule has 0 aliphatic carbocycles. The van der Waals surface area contributed by atoms with E-state index in [1.165, 1.54) is 0 Å². The van der Waals surface area contributed by atoms with Crippen molar-refractivity contribution in [1.82, 2.24) is 4.98 Å². The Morgan fingerprint density at radius 2 is 1.80 bits per heavy atom. The van der Waals surface area contributed by atoms with Crippen molar-refractivity contribution in [2.45, 2.75) is 13.8 Å². The Labute approximate surface area is 90.2 Å². The fourth-order valence-corrected chi connectivity index (χ4v) is 1.20. The number of phenols is 1. The zero-order valence-electron chi connectivity index (χ0n) is 9.01. The summed E-state index contributed by atoms with van der Waals surface area (Å²) in [5.74, 6) is 0.267. The molecule has 0 amide bonds. The average Bonchev–Trinajstić information content (AvgIpc) is 2.33. The van der Waals surface area contributed by atoms with Gasteiger partial charge in [0.05, 0.1) is 5.69 Å². The van der Waals surface area contributed by atoms with Crippen LogP contribution in [-0.4, -0.2) is 10.1 Å². The van der Waals surface area contributed by atoms with Crippen LogP contribution in [0, 0.1) is 0 Å². The van der Waals surface area contributed by atoms with E-state index in [0.29, 0.717) is 0 Å². The largest absolute Gasteiger partial charge is 0.508 e. The molecule has 2 nitrogen and oxygen atoms in total. The number of aromatic nitrogens is 1. The minimum atomic E-state index is 0.267. The van der Waals surface area contributed by atoms with Gasteiger partial charge in [0.25, 0.3) is 0 Å². The van der Waals surface area contributed by atoms with E-state index >= 15 is 0 Å². The first-order valence-electron chi connectivity index (χ1n) is 5.07. The van der Waals surface area contributed by atoms with E-state index in [1.807, 2.05) is 38.1 Å². The van der Waals surface area contributed by atoms with Crippen molar-refractivity contribution in [3.63, 3.8) is 0 Å². The van der Waals surface area contributed by atoms with Gasteiger partial charge >= 0.3 is 0 Å². The van der Waals surface area contributed by atoms with Gasteiger partial charge < -0.3 is 5.11 Å². The number of aromatic hydroxyl groups is 1. The summed E-state index contributed by atoms with van der Waals surface area (Å²) in [6.07, 6.45) is 1.74. The smallest absolute Gasteiger partial charge is 0.116 e. The lowest BCUT2D eigenvalue weighted by atomic mass is 10.1. The van der Waals surface area contributed by atoms with Gasteiger partial charge in [-0.2, -0.15) is 0 Å². The van der Waals surface area contributed by atoms with Crippen LogP contribution in [0.1, 0.15) is 13.8 Å². The number of hydrogen-bond donors (Lipinski definition) is 1. The molecule has 2 aromatic rings. The van der Waals surface area contributed by atoms with E-state index in [-0.39, 0.29) is 5.75 Å². The standard InChI is InChI=1S/C11H9NO.C2H6/c13-10-5-3-4-9(8-10)11-6-1-2-7-12-11;1-2/h1-8,13H;1-2H3. The molecule has 0 radical (unpaired) electrons. The molecule has 15 heavy (non-hydrogen) atoms. The summed E-state index contributed by atoms with van der Waals surface area (Å²) >= 11 is 0. The number of rotatable bonds is 1. The summed E-state index contributed by atoms with van der Waals surface area (Å²) in [5.41, 5.74) is 1.80. The van der Waals surface area contributed by atoms with Crippen molar-refractivity contribution < 1.29 is 5.11 Å². The van der Waals surface area contributed by atoms with Gasteiger partial charge in [-0.25, -0.2) is 0 Å². The topological polar surface area (TPSA) is 33.1 Å². The third-order valence-electron chi connectivity index (χ3n) is 1.81. The van der Waals surface area contributed by atoms with Crippen LogP contribution in [0.15, 0.2) is 48.7 Å². The molecule has 1 aromatic carbocycles. The Morgan fingerprint density at radius 3 is 2.40 bits per heavy atom. The normalized spacial score (nSPS) is 8.93. The maximum Gasteiger partial charge on any atom is 0.116 e. The molecule has 0 atom stereocenters. The van der Waals surface area contributed by atoms with Crippen LogP contribution in [0.3, 0.4) is 0 Å². The van der Waals surface area contributed by atoms with E-state index in [2.05, 4.69) is 4.98 Å². The van der Waals surface area contributed by atoms with Crippen molar-refractivity contribution in [2.24, 2.45) is 0 Å². The van der Waals surface area contributed by atoms with E-state index in [1.54, 1.807) is 24.4 Å². The van der Waals surface area contributed by atoms with Gasteiger partial charge in [0, 0.05) is 11.8 Å². The highest BCUT2D eigenvalue weighted by atomic mass is 16.3. The van der Waals surface area contributed by atoms with Gasteiger partial charge in [0.1, 0.15) is 5.75 Å². The van der Waals surface area contributed by atoms with Gasteiger partial charge in [-0.05, 0) is 24.3 Å². The van der Waals surface area contributed by atoms with Crippen LogP contribution < -0.4 is 0 Å². The Bertz CT molecular complexity index is 398. The molecule has 2 heteroatoms. The van der Waals surface area contributed by atoms with E-state index in [9.17, 15) is 5.11 Å². The monoisotopic (exact) mass is 201 g/mol. The average molecular weight is 201 g/mol. The minimum absolute atomic E-state index is 0.267. The first kappa shape index (κ1) is 11.2. The predicted molar refractivity (Wildman–Crippen MR) is 62.7 cm³/mol. The molecule has 0 saturated carbocycles. The van der Waals surface area contributed by atoms with E-state index in [0.717, 1.165) is 11.3 Å². The summed E-state index contributed by atoms with van der Waals surface area (Å²) in [5, 5.41) is 9.25. The first-order chi connectivity index (χ1) is 7.36. The summed E-state index contributed by atoms with van der Waals surface area (Å²) in [6, 6.07) is 12.8. The molecule has 0 bridgehead atoms. The quantitative estimate of drug-likeness (QED) is 0.766. The summed E-state index contributed by atoms with van der Waals surface area (Å²) in [6.45, 7) is 4.00. The number of phenolic OH excluding ortho intramolecular Hbond substituents is 1. The van der Waals surface area contributed by atoms with E-state index in [4.69, 9.17) is 0 Å². The highest BCUT2D eigenvalue weighted by Crippen LogP contribution is 2.20. The molecule has 1 N–H and O–H groups in total. The molecule has 0 fully saturated rings. The molecular formula is C13H15NO. The Kier molecular flexibility index (Phi) is 4.35. The lowest BCUT2D eigenvalue weighted by Crippen LogP contribution is -1.80. The van der Waals surface area contributed by atoms with Crippen LogP contribution >= 0.6 is 0 Å². The molecular weight excluding hydrogens is 186 g/mol. The zero-order valence-corrected chi connectivity index (χ0v) is 9.01. The fourth-order valence-electron chi connectivity index (χ4n) is 1.20. The number of pyridine rings is 1. The Hall–Kier alpha value is -1.83. The highest BCUT2D eigenvalue weighted by molar-refractivity contribution is 5.60. The highest BCUT2D eigenvalue weighted by Gasteiger charge is 1.97. The van der Waals surface area contributed by atoms with Gasteiger partial charge in [0.2, 0.25) is 0 Å². The predicted octanol–water partition coefficient (Wildman–Crippen LogP) is 3.48. The molecule has 0 aliphatic rings. The summed E-state index contributed by atoms with van der Waals surface area (Å²) in [4.78, 5) is 4.18. The SMILES string of the molecule is CC.Oc1cccc(-c2ccccn2)c1. The molecule has 2 rings (SSSR count). The Morgan fingerprint density at radius 1 is 1.00 bits per heavy atom. The second-order valence-electron chi connectivity index (χ2n) is 2.77. The lowest BCUT2D eigenvalue weighted by Gasteiger charge is -1.99. The number of hydrogen-bond acceptors (Lipinski definition) is 2. The molecule has 1 heterocycles. The second-order valence-corrected chi connectivity index (χ2v) is 2.77. The van der Waals surface area contributed by atoms with Crippen molar-refractivity contribution in [1.29, 1.82) is 0 Å². The van der Waals surface area contributed by atoms with Crippen molar-refractivity contribution in [3.8, 4) is 17.0 Å². The second kappa shape index (κ2) is 5.81. The van der Waals surface area contributed by atoms with Gasteiger partial charge in [-0.15, -0.1) is 0 Å². The third-order valence-corrected chi connectivity index (χ3v) is 1.81. The number of benzene rings is 1. The molecule has 78 valence electrons. The maximum atomic E-state index is 9.25. The Balaban J connectivity index is 0.000000531. The van der Waals surface area contributed by atoms with Crippen molar-refractivity contribution >= 4 is 0 Å². The first-order valence-corrected chi connectivity index (χ1v) is 5.07. The van der Waals surface area contributed by atoms with Crippen molar-refractivity contribution in [2.75, 3.05) is 0 Å². The molecule has 0 aliphatic heterocycles. The maximum absolute atomic E-state index is 9.25. The van der Waals surface area contributed by atoms with Crippen LogP contribution in [0.25, 0.3) is 11.3 Å². The molecule has 0 saturated heterocycles. The molecule has 0 spiro atoms. The van der Waals surface area contributed by atoms with Crippen LogP contribution in [-0.2, 0) is 0 Å². The van der Waals surface area contributed by atoms with Gasteiger partial charge in [0.15, 0.2) is 0 Å². The van der Waals surface area contributed by atoms with Gasteiger partial charge in [-0.3, -0.25) is 4.98 Å². The van der Waals surface area contributed by atoms with E-state index < -0.39 is 0 Å². The molecule has 0 unspecified atom stereocenters. The van der Waals surface area contributed by atoms with Crippen LogP contribution in [0.4, 0.5) is 0 Å². The minimum Gasteiger partial charge on any atom is -0.508 e. The molecule has 1 aromatic heterocycles. The van der Waals surface area contributed by atoms with Crippen LogP contribution in [0.5, 0.6) is 5.75 Å². The lowest BCUT2D eigenvalue weighted by molar-refractivity contribution is 0.475. The number of nitrogens with zero attached hydrogens (tertiary/aromatic N) is 1. The third kappa shape index (κ3) is 3.09.